The summed E-state index contributed by atoms with van der Waals surface area (Å²) in [5.74, 6) is 0. The second-order valence-corrected chi connectivity index (χ2v) is 16.4. The minimum atomic E-state index is 0.881. The van der Waals surface area contributed by atoms with Crippen molar-refractivity contribution >= 4 is 65.9 Å². The topological polar surface area (TPSA) is 17.3 Å². The summed E-state index contributed by atoms with van der Waals surface area (Å²) in [6.07, 6.45) is 6.70. The lowest BCUT2D eigenvalue weighted by Gasteiger charge is -2.18. The van der Waals surface area contributed by atoms with Crippen molar-refractivity contribution in [3.8, 4) is 16.8 Å². The molecule has 0 unspecified atom stereocenters. The van der Waals surface area contributed by atoms with E-state index in [2.05, 4.69) is 206 Å². The monoisotopic (exact) mass is 792 g/mol. The molecule has 0 spiro atoms. The summed E-state index contributed by atoms with van der Waals surface area (Å²) in [5.41, 5.74) is 17.3. The molecule has 0 N–H and O–H groups in total. The van der Waals surface area contributed by atoms with Gasteiger partial charge in [0.15, 0.2) is 0 Å². The predicted molar refractivity (Wildman–Crippen MR) is 265 cm³/mol. The van der Waals surface area contributed by atoms with Crippen LogP contribution in [0.5, 0.6) is 0 Å². The average molecular weight is 793 g/mol. The van der Waals surface area contributed by atoms with E-state index in [1.54, 1.807) is 0 Å². The number of aliphatic imine (C=N–C) groups is 1. The Morgan fingerprint density at radius 1 is 0.532 bits per heavy atom. The normalized spacial score (nSPS) is 13.1. The van der Waals surface area contributed by atoms with E-state index in [9.17, 15) is 0 Å². The smallest absolute Gasteiger partial charge is 0.0711 e. The number of aromatic nitrogens is 1. The zero-order valence-corrected chi connectivity index (χ0v) is 34.7. The number of fused-ring (bicyclic) bond motifs is 7. The van der Waals surface area contributed by atoms with E-state index in [0.29, 0.717) is 0 Å². The highest BCUT2D eigenvalue weighted by molar-refractivity contribution is 6.22. The molecular formula is C60H44N2. The highest BCUT2D eigenvalue weighted by atomic mass is 15.0. The SMILES string of the molecule is C=C(/C=C(\N=C(C)c1ccccc1)c1ccccc1)c1ccc(-n2c3ccccc3c3c4cc(-c5ccc6cc(C7=CCCc8ccccc87)ccc6c5)ccc4ccc32)cc1. The zero-order chi connectivity index (χ0) is 41.6. The van der Waals surface area contributed by atoms with Gasteiger partial charge < -0.3 is 4.57 Å². The van der Waals surface area contributed by atoms with Gasteiger partial charge in [-0.05, 0) is 140 Å². The maximum Gasteiger partial charge on any atom is 0.0711 e. The molecule has 0 aliphatic heterocycles. The van der Waals surface area contributed by atoms with Crippen molar-refractivity contribution in [2.75, 3.05) is 0 Å². The summed E-state index contributed by atoms with van der Waals surface area (Å²) in [5, 5.41) is 7.50. The Labute approximate surface area is 362 Å². The Bertz CT molecular complexity index is 3450. The quantitative estimate of drug-likeness (QED) is 0.108. The summed E-state index contributed by atoms with van der Waals surface area (Å²) >= 11 is 0. The molecule has 0 radical (unpaired) electrons. The van der Waals surface area contributed by atoms with Gasteiger partial charge in [-0.2, -0.15) is 0 Å². The van der Waals surface area contributed by atoms with E-state index in [4.69, 9.17) is 4.99 Å². The summed E-state index contributed by atoms with van der Waals surface area (Å²) in [6, 6.07) is 72.4. The first-order chi connectivity index (χ1) is 30.6. The Morgan fingerprint density at radius 3 is 1.95 bits per heavy atom. The minimum absolute atomic E-state index is 0.881. The Hall–Kier alpha value is -7.81. The standard InChI is InChI=1S/C60H44N2/c1-40(36-57(46-17-7-4-8-18-46)61-41(2)43-14-5-3-6-15-43)42-30-33-52(34-31-42)62-58-23-12-11-21-55(58)60-56-39-50(25-24-45(56)32-35-59(60)62)48-26-27-49-38-51(29-28-47(49)37-48)54-22-13-19-44-16-9-10-20-53(44)54/h3-12,14-18,20-39H,1,13,19H2,2H3/b57-36-,61-41?. The van der Waals surface area contributed by atoms with Crippen LogP contribution in [0.3, 0.4) is 0 Å². The van der Waals surface area contributed by atoms with Crippen LogP contribution in [-0.4, -0.2) is 10.3 Å². The van der Waals surface area contributed by atoms with Gasteiger partial charge in [0, 0.05) is 27.7 Å². The maximum atomic E-state index is 5.11. The summed E-state index contributed by atoms with van der Waals surface area (Å²) in [7, 11) is 0. The van der Waals surface area contributed by atoms with E-state index in [0.717, 1.165) is 52.2 Å². The molecule has 0 amide bonds. The fraction of sp³-hybridized carbons (Fsp3) is 0.0500. The maximum absolute atomic E-state index is 5.11. The lowest BCUT2D eigenvalue weighted by molar-refractivity contribution is 0.978. The van der Waals surface area contributed by atoms with Gasteiger partial charge >= 0.3 is 0 Å². The molecule has 0 bridgehead atoms. The van der Waals surface area contributed by atoms with Gasteiger partial charge in [0.2, 0.25) is 0 Å². The third-order valence-electron chi connectivity index (χ3n) is 12.6. The number of para-hydroxylation sites is 1. The Kier molecular flexibility index (Phi) is 9.40. The van der Waals surface area contributed by atoms with Crippen LogP contribution < -0.4 is 0 Å². The molecule has 0 atom stereocenters. The number of nitrogens with zero attached hydrogens (tertiary/aromatic N) is 2. The van der Waals surface area contributed by atoms with Crippen LogP contribution in [-0.2, 0) is 6.42 Å². The molecule has 2 nitrogen and oxygen atoms in total. The molecule has 0 fully saturated rings. The van der Waals surface area contributed by atoms with Gasteiger partial charge in [0.05, 0.1) is 16.7 Å². The van der Waals surface area contributed by atoms with Crippen molar-refractivity contribution in [2.45, 2.75) is 19.8 Å². The van der Waals surface area contributed by atoms with Crippen molar-refractivity contribution in [3.63, 3.8) is 0 Å². The molecule has 0 saturated carbocycles. The molecule has 1 aliphatic carbocycles. The van der Waals surface area contributed by atoms with Gasteiger partial charge in [0.1, 0.15) is 0 Å². The predicted octanol–water partition coefficient (Wildman–Crippen LogP) is 15.7. The lowest BCUT2D eigenvalue weighted by atomic mass is 9.86. The van der Waals surface area contributed by atoms with E-state index < -0.39 is 0 Å². The summed E-state index contributed by atoms with van der Waals surface area (Å²) in [4.78, 5) is 5.11. The van der Waals surface area contributed by atoms with E-state index in [-0.39, 0.29) is 0 Å². The van der Waals surface area contributed by atoms with Gasteiger partial charge in [-0.15, -0.1) is 0 Å². The molecular weight excluding hydrogens is 749 g/mol. The third kappa shape index (κ3) is 6.76. The number of hydrogen-bond acceptors (Lipinski definition) is 1. The molecule has 62 heavy (non-hydrogen) atoms. The average Bonchev–Trinajstić information content (AvgIpc) is 3.68. The fourth-order valence-corrected chi connectivity index (χ4v) is 9.38. The van der Waals surface area contributed by atoms with Crippen LogP contribution in [0.4, 0.5) is 0 Å². The van der Waals surface area contributed by atoms with Crippen LogP contribution in [0.25, 0.3) is 77.0 Å². The van der Waals surface area contributed by atoms with Crippen LogP contribution in [0.15, 0.2) is 224 Å². The molecule has 9 aromatic carbocycles. The minimum Gasteiger partial charge on any atom is -0.309 e. The van der Waals surface area contributed by atoms with Gasteiger partial charge in [-0.3, -0.25) is 4.99 Å². The second-order valence-electron chi connectivity index (χ2n) is 16.4. The number of allylic oxidation sites excluding steroid dienone is 3. The van der Waals surface area contributed by atoms with Crippen molar-refractivity contribution in [3.05, 3.63) is 252 Å². The molecule has 294 valence electrons. The third-order valence-corrected chi connectivity index (χ3v) is 12.6. The van der Waals surface area contributed by atoms with E-state index in [1.807, 2.05) is 24.3 Å². The van der Waals surface area contributed by atoms with E-state index in [1.165, 1.54) is 76.7 Å². The Balaban J connectivity index is 0.946. The van der Waals surface area contributed by atoms with Crippen LogP contribution >= 0.6 is 0 Å². The van der Waals surface area contributed by atoms with Crippen LogP contribution in [0.2, 0.25) is 0 Å². The summed E-state index contributed by atoms with van der Waals surface area (Å²) in [6.45, 7) is 6.58. The summed E-state index contributed by atoms with van der Waals surface area (Å²) < 4.78 is 2.40. The number of rotatable bonds is 8. The second kappa shape index (κ2) is 15.7. The molecule has 2 heteroatoms. The number of aryl methyl sites for hydroxylation is 1. The van der Waals surface area contributed by atoms with E-state index >= 15 is 0 Å². The molecule has 0 saturated heterocycles. The van der Waals surface area contributed by atoms with Crippen molar-refractivity contribution in [2.24, 2.45) is 4.99 Å². The van der Waals surface area contributed by atoms with Crippen LogP contribution in [0, 0.1) is 0 Å². The highest BCUT2D eigenvalue weighted by Crippen LogP contribution is 2.40. The van der Waals surface area contributed by atoms with Crippen molar-refractivity contribution < 1.29 is 0 Å². The highest BCUT2D eigenvalue weighted by Gasteiger charge is 2.17. The first-order valence-electron chi connectivity index (χ1n) is 21.5. The number of hydrogen-bond donors (Lipinski definition) is 0. The lowest BCUT2D eigenvalue weighted by Crippen LogP contribution is -2.00. The molecule has 1 heterocycles. The Morgan fingerprint density at radius 2 is 1.16 bits per heavy atom. The van der Waals surface area contributed by atoms with Crippen LogP contribution in [0.1, 0.15) is 46.7 Å². The zero-order valence-electron chi connectivity index (χ0n) is 34.7. The molecule has 11 rings (SSSR count). The van der Waals surface area contributed by atoms with Crippen molar-refractivity contribution in [1.82, 2.24) is 4.57 Å². The van der Waals surface area contributed by atoms with Gasteiger partial charge in [0.25, 0.3) is 0 Å². The molecule has 1 aliphatic rings. The fourth-order valence-electron chi connectivity index (χ4n) is 9.38. The van der Waals surface area contributed by atoms with Gasteiger partial charge in [-0.1, -0.05) is 170 Å². The molecule has 10 aromatic rings. The molecule has 1 aromatic heterocycles. The number of benzene rings is 9. The largest absolute Gasteiger partial charge is 0.309 e. The first-order valence-corrected chi connectivity index (χ1v) is 21.5. The van der Waals surface area contributed by atoms with Crippen molar-refractivity contribution in [1.29, 1.82) is 0 Å². The van der Waals surface area contributed by atoms with Gasteiger partial charge in [-0.25, -0.2) is 0 Å². The first kappa shape index (κ1) is 37.2.